The second-order valence-corrected chi connectivity index (χ2v) is 4.83. The Labute approximate surface area is 125 Å². The van der Waals surface area contributed by atoms with Crippen LogP contribution in [-0.2, 0) is 4.79 Å². The van der Waals surface area contributed by atoms with Crippen LogP contribution in [-0.4, -0.2) is 30.9 Å². The largest absolute Gasteiger partial charge is 0.350 e. The van der Waals surface area contributed by atoms with Gasteiger partial charge in [0.15, 0.2) is 0 Å². The molecular formula is C16H23N3O2. The van der Waals surface area contributed by atoms with E-state index in [9.17, 15) is 9.59 Å². The van der Waals surface area contributed by atoms with E-state index in [0.29, 0.717) is 17.8 Å². The SMILES string of the molecule is C=CCNCC(=O)Nc1ccc(C(=O)NC(C)CC)cc1. The quantitative estimate of drug-likeness (QED) is 0.506. The maximum atomic E-state index is 11.9. The van der Waals surface area contributed by atoms with Crippen LogP contribution in [0.2, 0.25) is 0 Å². The number of benzene rings is 1. The Kier molecular flexibility index (Phi) is 7.18. The smallest absolute Gasteiger partial charge is 0.251 e. The Balaban J connectivity index is 2.51. The number of carbonyl (C=O) groups is 2. The monoisotopic (exact) mass is 289 g/mol. The van der Waals surface area contributed by atoms with Crippen LogP contribution in [0.3, 0.4) is 0 Å². The molecule has 0 spiro atoms. The van der Waals surface area contributed by atoms with Crippen LogP contribution in [0.15, 0.2) is 36.9 Å². The molecule has 1 rings (SSSR count). The number of hydrogen-bond donors (Lipinski definition) is 3. The molecule has 1 aromatic carbocycles. The van der Waals surface area contributed by atoms with Crippen LogP contribution in [0.1, 0.15) is 30.6 Å². The van der Waals surface area contributed by atoms with Gasteiger partial charge in [-0.25, -0.2) is 0 Å². The summed E-state index contributed by atoms with van der Waals surface area (Å²) in [6.45, 7) is 8.35. The fraction of sp³-hybridized carbons (Fsp3) is 0.375. The lowest BCUT2D eigenvalue weighted by molar-refractivity contribution is -0.115. The molecule has 21 heavy (non-hydrogen) atoms. The van der Waals surface area contributed by atoms with Gasteiger partial charge >= 0.3 is 0 Å². The lowest BCUT2D eigenvalue weighted by atomic mass is 10.1. The Morgan fingerprint density at radius 3 is 2.52 bits per heavy atom. The summed E-state index contributed by atoms with van der Waals surface area (Å²) in [6, 6.07) is 6.98. The molecule has 0 fully saturated rings. The summed E-state index contributed by atoms with van der Waals surface area (Å²) in [4.78, 5) is 23.5. The van der Waals surface area contributed by atoms with Crippen molar-refractivity contribution < 1.29 is 9.59 Å². The topological polar surface area (TPSA) is 70.2 Å². The van der Waals surface area contributed by atoms with E-state index in [1.807, 2.05) is 13.8 Å². The average Bonchev–Trinajstić information content (AvgIpc) is 2.48. The van der Waals surface area contributed by atoms with Crippen molar-refractivity contribution in [2.24, 2.45) is 0 Å². The van der Waals surface area contributed by atoms with Gasteiger partial charge < -0.3 is 16.0 Å². The summed E-state index contributed by atoms with van der Waals surface area (Å²) >= 11 is 0. The highest BCUT2D eigenvalue weighted by atomic mass is 16.2. The normalized spacial score (nSPS) is 11.5. The number of carbonyl (C=O) groups excluding carboxylic acids is 2. The summed E-state index contributed by atoms with van der Waals surface area (Å²) in [5, 5.41) is 8.56. The number of amides is 2. The predicted octanol–water partition coefficient (Wildman–Crippen LogP) is 1.93. The molecule has 0 aliphatic rings. The molecule has 5 nitrogen and oxygen atoms in total. The molecule has 0 radical (unpaired) electrons. The highest BCUT2D eigenvalue weighted by Crippen LogP contribution is 2.09. The Morgan fingerprint density at radius 1 is 1.29 bits per heavy atom. The maximum absolute atomic E-state index is 11.9. The van der Waals surface area contributed by atoms with Gasteiger partial charge in [-0.2, -0.15) is 0 Å². The lowest BCUT2D eigenvalue weighted by Gasteiger charge is -2.11. The van der Waals surface area contributed by atoms with Gasteiger partial charge in [-0.1, -0.05) is 13.0 Å². The van der Waals surface area contributed by atoms with Crippen molar-refractivity contribution in [2.45, 2.75) is 26.3 Å². The number of hydrogen-bond acceptors (Lipinski definition) is 3. The minimum absolute atomic E-state index is 0.102. The fourth-order valence-electron chi connectivity index (χ4n) is 1.61. The molecule has 0 saturated carbocycles. The predicted molar refractivity (Wildman–Crippen MR) is 85.4 cm³/mol. The van der Waals surface area contributed by atoms with E-state index in [0.717, 1.165) is 6.42 Å². The van der Waals surface area contributed by atoms with Crippen LogP contribution in [0.25, 0.3) is 0 Å². The van der Waals surface area contributed by atoms with E-state index >= 15 is 0 Å². The Hall–Kier alpha value is -2.14. The van der Waals surface area contributed by atoms with Crippen LogP contribution in [0.5, 0.6) is 0 Å². The van der Waals surface area contributed by atoms with E-state index in [-0.39, 0.29) is 24.4 Å². The number of anilines is 1. The molecule has 1 unspecified atom stereocenters. The molecule has 0 aliphatic carbocycles. The Bertz CT molecular complexity index is 483. The maximum Gasteiger partial charge on any atom is 0.251 e. The van der Waals surface area contributed by atoms with Crippen molar-refractivity contribution in [3.05, 3.63) is 42.5 Å². The highest BCUT2D eigenvalue weighted by Gasteiger charge is 2.08. The van der Waals surface area contributed by atoms with Gasteiger partial charge in [-0.3, -0.25) is 9.59 Å². The molecule has 1 atom stereocenters. The molecule has 3 N–H and O–H groups in total. The second-order valence-electron chi connectivity index (χ2n) is 4.83. The molecule has 0 heterocycles. The zero-order valence-electron chi connectivity index (χ0n) is 12.6. The zero-order valence-corrected chi connectivity index (χ0v) is 12.6. The summed E-state index contributed by atoms with van der Waals surface area (Å²) < 4.78 is 0. The Morgan fingerprint density at radius 2 is 1.95 bits per heavy atom. The van der Waals surface area contributed by atoms with Gasteiger partial charge in [-0.15, -0.1) is 6.58 Å². The third-order valence-corrected chi connectivity index (χ3v) is 2.99. The van der Waals surface area contributed by atoms with Crippen molar-refractivity contribution in [1.29, 1.82) is 0 Å². The van der Waals surface area contributed by atoms with Crippen LogP contribution < -0.4 is 16.0 Å². The zero-order chi connectivity index (χ0) is 15.7. The molecule has 114 valence electrons. The third-order valence-electron chi connectivity index (χ3n) is 2.99. The molecule has 5 heteroatoms. The van der Waals surface area contributed by atoms with E-state index in [2.05, 4.69) is 22.5 Å². The van der Waals surface area contributed by atoms with Gasteiger partial charge in [0, 0.05) is 23.8 Å². The molecule has 2 amide bonds. The van der Waals surface area contributed by atoms with Crippen LogP contribution in [0, 0.1) is 0 Å². The molecule has 1 aromatic rings. The van der Waals surface area contributed by atoms with Crippen molar-refractivity contribution in [3.63, 3.8) is 0 Å². The van der Waals surface area contributed by atoms with Gasteiger partial charge in [-0.05, 0) is 37.6 Å². The van der Waals surface area contributed by atoms with Crippen molar-refractivity contribution >= 4 is 17.5 Å². The lowest BCUT2D eigenvalue weighted by Crippen LogP contribution is -2.31. The van der Waals surface area contributed by atoms with Gasteiger partial charge in [0.2, 0.25) is 5.91 Å². The van der Waals surface area contributed by atoms with Crippen molar-refractivity contribution in [2.75, 3.05) is 18.4 Å². The minimum Gasteiger partial charge on any atom is -0.350 e. The second kappa shape index (κ2) is 8.92. The van der Waals surface area contributed by atoms with E-state index < -0.39 is 0 Å². The highest BCUT2D eigenvalue weighted by molar-refractivity contribution is 5.96. The average molecular weight is 289 g/mol. The van der Waals surface area contributed by atoms with Crippen molar-refractivity contribution in [3.8, 4) is 0 Å². The molecule has 0 aliphatic heterocycles. The summed E-state index contributed by atoms with van der Waals surface area (Å²) in [5.74, 6) is -0.233. The van der Waals surface area contributed by atoms with Gasteiger partial charge in [0.1, 0.15) is 0 Å². The molecule has 0 bridgehead atoms. The fourth-order valence-corrected chi connectivity index (χ4v) is 1.61. The third kappa shape index (κ3) is 6.23. The van der Waals surface area contributed by atoms with E-state index in [4.69, 9.17) is 0 Å². The van der Waals surface area contributed by atoms with Gasteiger partial charge in [0.05, 0.1) is 6.54 Å². The van der Waals surface area contributed by atoms with Crippen LogP contribution >= 0.6 is 0 Å². The number of rotatable bonds is 8. The standard InChI is InChI=1S/C16H23N3O2/c1-4-10-17-11-15(20)19-14-8-6-13(7-9-14)16(21)18-12(3)5-2/h4,6-9,12,17H,1,5,10-11H2,2-3H3,(H,18,21)(H,19,20). The van der Waals surface area contributed by atoms with E-state index in [1.165, 1.54) is 0 Å². The van der Waals surface area contributed by atoms with Crippen LogP contribution in [0.4, 0.5) is 5.69 Å². The summed E-state index contributed by atoms with van der Waals surface area (Å²) in [7, 11) is 0. The van der Waals surface area contributed by atoms with Crippen molar-refractivity contribution in [1.82, 2.24) is 10.6 Å². The minimum atomic E-state index is -0.131. The first-order valence-electron chi connectivity index (χ1n) is 7.09. The van der Waals surface area contributed by atoms with E-state index in [1.54, 1.807) is 30.3 Å². The first kappa shape index (κ1) is 16.9. The first-order chi connectivity index (χ1) is 10.1. The molecule has 0 saturated heterocycles. The summed E-state index contributed by atoms with van der Waals surface area (Å²) in [5.41, 5.74) is 1.25. The summed E-state index contributed by atoms with van der Waals surface area (Å²) in [6.07, 6.45) is 2.58. The molecule has 0 aromatic heterocycles. The number of nitrogens with one attached hydrogen (secondary N) is 3. The van der Waals surface area contributed by atoms with Gasteiger partial charge in [0.25, 0.3) is 5.91 Å². The first-order valence-corrected chi connectivity index (χ1v) is 7.09. The molecular weight excluding hydrogens is 266 g/mol.